The van der Waals surface area contributed by atoms with E-state index in [0.717, 1.165) is 5.69 Å². The molecule has 1 fully saturated rings. The number of nitro groups is 1. The third-order valence-corrected chi connectivity index (χ3v) is 4.97. The minimum atomic E-state index is -0.672. The van der Waals surface area contributed by atoms with Crippen molar-refractivity contribution >= 4 is 34.4 Å². The molecule has 27 heavy (non-hydrogen) atoms. The minimum absolute atomic E-state index is 0.120. The first-order valence-electron chi connectivity index (χ1n) is 8.46. The normalized spacial score (nSPS) is 14.6. The van der Waals surface area contributed by atoms with E-state index in [2.05, 4.69) is 9.88 Å². The minimum Gasteiger partial charge on any atom is -0.367 e. The van der Waals surface area contributed by atoms with E-state index in [4.69, 9.17) is 11.6 Å². The van der Waals surface area contributed by atoms with E-state index in [-0.39, 0.29) is 5.82 Å². The molecule has 0 spiro atoms. The van der Waals surface area contributed by atoms with Crippen molar-refractivity contribution in [3.63, 3.8) is 0 Å². The average molecular weight is 386 g/mol. The fraction of sp³-hybridized carbons (Fsp3) is 0.222. The Hall–Kier alpha value is -3.13. The van der Waals surface area contributed by atoms with Gasteiger partial charge in [0.2, 0.25) is 5.82 Å². The molecule has 4 rings (SSSR count). The van der Waals surface area contributed by atoms with Crippen molar-refractivity contribution in [1.82, 2.24) is 9.38 Å². The Bertz CT molecular complexity index is 1080. The van der Waals surface area contributed by atoms with Crippen molar-refractivity contribution in [1.29, 1.82) is 0 Å². The highest BCUT2D eigenvalue weighted by Crippen LogP contribution is 2.28. The van der Waals surface area contributed by atoms with Gasteiger partial charge in [0.15, 0.2) is 0 Å². The Labute approximate surface area is 159 Å². The van der Waals surface area contributed by atoms with Gasteiger partial charge in [-0.15, -0.1) is 0 Å². The van der Waals surface area contributed by atoms with Crippen LogP contribution in [-0.2, 0) is 0 Å². The van der Waals surface area contributed by atoms with E-state index in [0.29, 0.717) is 36.8 Å². The van der Waals surface area contributed by atoms with Gasteiger partial charge in [-0.2, -0.15) is 0 Å². The zero-order valence-corrected chi connectivity index (χ0v) is 15.0. The molecule has 138 valence electrons. The lowest BCUT2D eigenvalue weighted by atomic mass is 10.2. The number of piperazine rings is 1. The van der Waals surface area contributed by atoms with Crippen molar-refractivity contribution in [3.8, 4) is 0 Å². The average Bonchev–Trinajstić information content (AvgIpc) is 2.68. The molecule has 1 aliphatic rings. The molecule has 3 heterocycles. The van der Waals surface area contributed by atoms with Crippen LogP contribution in [0.3, 0.4) is 0 Å². The summed E-state index contributed by atoms with van der Waals surface area (Å²) in [6.07, 6.45) is 1.48. The van der Waals surface area contributed by atoms with Crippen molar-refractivity contribution in [2.75, 3.05) is 36.0 Å². The third kappa shape index (κ3) is 3.08. The summed E-state index contributed by atoms with van der Waals surface area (Å²) in [6, 6.07) is 12.6. The van der Waals surface area contributed by atoms with Gasteiger partial charge in [-0.1, -0.05) is 29.8 Å². The molecule has 0 aliphatic carbocycles. The number of pyridine rings is 1. The van der Waals surface area contributed by atoms with Gasteiger partial charge >= 0.3 is 11.2 Å². The molecule has 2 aromatic heterocycles. The highest BCUT2D eigenvalue weighted by molar-refractivity contribution is 6.33. The first-order chi connectivity index (χ1) is 13.1. The van der Waals surface area contributed by atoms with Gasteiger partial charge in [0, 0.05) is 32.4 Å². The Kier molecular flexibility index (Phi) is 4.41. The van der Waals surface area contributed by atoms with Crippen LogP contribution < -0.4 is 15.4 Å². The molecule has 1 aliphatic heterocycles. The van der Waals surface area contributed by atoms with Crippen LogP contribution in [0.15, 0.2) is 53.5 Å². The first-order valence-corrected chi connectivity index (χ1v) is 8.84. The van der Waals surface area contributed by atoms with Gasteiger partial charge in [0.1, 0.15) is 5.65 Å². The zero-order valence-electron chi connectivity index (χ0n) is 14.3. The fourth-order valence-electron chi connectivity index (χ4n) is 3.32. The summed E-state index contributed by atoms with van der Waals surface area (Å²) in [4.78, 5) is 31.8. The van der Waals surface area contributed by atoms with Gasteiger partial charge < -0.3 is 9.80 Å². The maximum Gasteiger partial charge on any atom is 0.376 e. The molecule has 0 N–H and O–H groups in total. The van der Waals surface area contributed by atoms with Crippen LogP contribution in [0.25, 0.3) is 5.65 Å². The molecule has 0 radical (unpaired) electrons. The SMILES string of the molecule is O=c1c([N+](=O)[O-])c(N2CCN(c3ccccc3Cl)CC2)nc2ccccn12. The van der Waals surface area contributed by atoms with Crippen molar-refractivity contribution in [3.05, 3.63) is 74.2 Å². The van der Waals surface area contributed by atoms with Crippen LogP contribution >= 0.6 is 11.6 Å². The number of hydrogen-bond donors (Lipinski definition) is 0. The smallest absolute Gasteiger partial charge is 0.367 e. The van der Waals surface area contributed by atoms with Gasteiger partial charge in [-0.05, 0) is 24.3 Å². The van der Waals surface area contributed by atoms with E-state index in [1.165, 1.54) is 10.6 Å². The molecule has 1 aromatic carbocycles. The van der Waals surface area contributed by atoms with Gasteiger partial charge in [0.25, 0.3) is 0 Å². The van der Waals surface area contributed by atoms with Crippen LogP contribution in [0.4, 0.5) is 17.2 Å². The largest absolute Gasteiger partial charge is 0.376 e. The fourth-order valence-corrected chi connectivity index (χ4v) is 3.57. The lowest BCUT2D eigenvalue weighted by Gasteiger charge is -2.36. The second-order valence-corrected chi connectivity index (χ2v) is 6.61. The molecule has 9 heteroatoms. The van der Waals surface area contributed by atoms with E-state index in [1.807, 2.05) is 24.3 Å². The predicted molar refractivity (Wildman–Crippen MR) is 104 cm³/mol. The number of hydrogen-bond acceptors (Lipinski definition) is 6. The summed E-state index contributed by atoms with van der Waals surface area (Å²) in [5.74, 6) is 0.120. The highest BCUT2D eigenvalue weighted by atomic mass is 35.5. The van der Waals surface area contributed by atoms with Crippen molar-refractivity contribution in [2.24, 2.45) is 0 Å². The second kappa shape index (κ2) is 6.88. The van der Waals surface area contributed by atoms with E-state index < -0.39 is 16.2 Å². The first kappa shape index (κ1) is 17.3. The molecule has 1 saturated heterocycles. The summed E-state index contributed by atoms with van der Waals surface area (Å²) >= 11 is 6.26. The monoisotopic (exact) mass is 385 g/mol. The summed E-state index contributed by atoms with van der Waals surface area (Å²) < 4.78 is 1.20. The summed E-state index contributed by atoms with van der Waals surface area (Å²) in [5, 5.41) is 12.2. The van der Waals surface area contributed by atoms with Crippen molar-refractivity contribution < 1.29 is 4.92 Å². The van der Waals surface area contributed by atoms with E-state index in [1.54, 1.807) is 23.1 Å². The quantitative estimate of drug-likeness (QED) is 0.509. The molecule has 0 unspecified atom stereocenters. The summed E-state index contributed by atoms with van der Waals surface area (Å²) in [7, 11) is 0. The van der Waals surface area contributed by atoms with Crippen LogP contribution in [0.1, 0.15) is 0 Å². The molecular weight excluding hydrogens is 370 g/mol. The number of nitrogens with zero attached hydrogens (tertiary/aromatic N) is 5. The molecule has 8 nitrogen and oxygen atoms in total. The lowest BCUT2D eigenvalue weighted by molar-refractivity contribution is -0.385. The number of aromatic nitrogens is 2. The number of halogens is 1. The van der Waals surface area contributed by atoms with Crippen LogP contribution in [0.5, 0.6) is 0 Å². The summed E-state index contributed by atoms with van der Waals surface area (Å²) in [6.45, 7) is 2.25. The van der Waals surface area contributed by atoms with Crippen LogP contribution in [0, 0.1) is 10.1 Å². The topological polar surface area (TPSA) is 84.0 Å². The van der Waals surface area contributed by atoms with Gasteiger partial charge in [0.05, 0.1) is 15.6 Å². The van der Waals surface area contributed by atoms with E-state index in [9.17, 15) is 14.9 Å². The lowest BCUT2D eigenvalue weighted by Crippen LogP contribution is -2.47. The second-order valence-electron chi connectivity index (χ2n) is 6.20. The molecule has 0 atom stereocenters. The van der Waals surface area contributed by atoms with Crippen LogP contribution in [0.2, 0.25) is 5.02 Å². The maximum atomic E-state index is 12.6. The zero-order chi connectivity index (χ0) is 19.0. The van der Waals surface area contributed by atoms with E-state index >= 15 is 0 Å². The third-order valence-electron chi connectivity index (χ3n) is 4.65. The summed E-state index contributed by atoms with van der Waals surface area (Å²) in [5.41, 5.74) is 0.149. The predicted octanol–water partition coefficient (Wildman–Crippen LogP) is 2.58. The Morgan fingerprint density at radius 1 is 1.00 bits per heavy atom. The van der Waals surface area contributed by atoms with Crippen molar-refractivity contribution in [2.45, 2.75) is 0 Å². The Morgan fingerprint density at radius 2 is 1.67 bits per heavy atom. The molecule has 0 bridgehead atoms. The maximum absolute atomic E-state index is 12.6. The molecule has 0 amide bonds. The number of anilines is 2. The van der Waals surface area contributed by atoms with Crippen LogP contribution in [-0.4, -0.2) is 40.5 Å². The van der Waals surface area contributed by atoms with Gasteiger partial charge in [-0.25, -0.2) is 4.98 Å². The van der Waals surface area contributed by atoms with Gasteiger partial charge in [-0.3, -0.25) is 19.3 Å². The molecular formula is C18H16ClN5O3. The number of benzene rings is 1. The Balaban J connectivity index is 1.68. The molecule has 3 aromatic rings. The number of fused-ring (bicyclic) bond motifs is 1. The number of para-hydroxylation sites is 1. The molecule has 0 saturated carbocycles. The Morgan fingerprint density at radius 3 is 2.37 bits per heavy atom. The standard InChI is InChI=1S/C18H16ClN5O3/c19-13-5-1-2-6-14(13)21-9-11-22(12-10-21)17-16(24(26)27)18(25)23-8-4-3-7-15(23)20-17/h1-8H,9-12H2. The number of rotatable bonds is 3. The highest BCUT2D eigenvalue weighted by Gasteiger charge is 2.30.